The first kappa shape index (κ1) is 13.8. The molecular formula is C7H3ClF3IO3S. The summed E-state index contributed by atoms with van der Waals surface area (Å²) in [4.78, 5) is -0.284. The Balaban J connectivity index is 3.11. The second-order valence-electron chi connectivity index (χ2n) is 2.58. The Labute approximate surface area is 107 Å². The Morgan fingerprint density at radius 3 is 2.25 bits per heavy atom. The molecule has 0 aromatic heterocycles. The molecule has 0 atom stereocenters. The third-order valence-electron chi connectivity index (χ3n) is 1.41. The molecule has 0 aliphatic carbocycles. The van der Waals surface area contributed by atoms with E-state index in [9.17, 15) is 21.6 Å². The molecule has 1 aromatic carbocycles. The van der Waals surface area contributed by atoms with Gasteiger partial charge in [0.25, 0.3) is 9.05 Å². The van der Waals surface area contributed by atoms with E-state index < -0.39 is 21.2 Å². The summed E-state index contributed by atoms with van der Waals surface area (Å²) in [5.41, 5.74) is 0. The van der Waals surface area contributed by atoms with Crippen LogP contribution in [0.15, 0.2) is 23.1 Å². The molecule has 0 N–H and O–H groups in total. The molecular weight excluding hydrogens is 383 g/mol. The zero-order valence-corrected chi connectivity index (χ0v) is 11.0. The predicted molar refractivity (Wildman–Crippen MR) is 58.9 cm³/mol. The van der Waals surface area contributed by atoms with Crippen molar-refractivity contribution in [1.29, 1.82) is 0 Å². The van der Waals surface area contributed by atoms with Gasteiger partial charge in [-0.3, -0.25) is 0 Å². The summed E-state index contributed by atoms with van der Waals surface area (Å²) in [6.45, 7) is 0. The van der Waals surface area contributed by atoms with Gasteiger partial charge in [-0.1, -0.05) is 0 Å². The zero-order chi connectivity index (χ0) is 12.6. The van der Waals surface area contributed by atoms with E-state index in [4.69, 9.17) is 10.7 Å². The number of ether oxygens (including phenoxy) is 1. The van der Waals surface area contributed by atoms with E-state index >= 15 is 0 Å². The predicted octanol–water partition coefficient (Wildman–Crippen LogP) is 3.12. The van der Waals surface area contributed by atoms with Gasteiger partial charge in [0.15, 0.2) is 0 Å². The second kappa shape index (κ2) is 4.57. The molecule has 1 rings (SSSR count). The molecule has 0 unspecified atom stereocenters. The Bertz CT molecular complexity index is 500. The lowest BCUT2D eigenvalue weighted by atomic mass is 10.3. The van der Waals surface area contributed by atoms with Gasteiger partial charge in [0.05, 0.1) is 8.47 Å². The van der Waals surface area contributed by atoms with Crippen LogP contribution < -0.4 is 4.74 Å². The van der Waals surface area contributed by atoms with Crippen LogP contribution in [0.25, 0.3) is 0 Å². The minimum absolute atomic E-state index is 0.00310. The monoisotopic (exact) mass is 386 g/mol. The van der Waals surface area contributed by atoms with E-state index in [0.717, 1.165) is 18.2 Å². The fourth-order valence-electron chi connectivity index (χ4n) is 0.841. The minimum Gasteiger partial charge on any atom is -0.405 e. The van der Waals surface area contributed by atoms with Gasteiger partial charge < -0.3 is 4.74 Å². The van der Waals surface area contributed by atoms with Gasteiger partial charge >= 0.3 is 6.36 Å². The summed E-state index contributed by atoms with van der Waals surface area (Å²) in [5, 5.41) is 0. The molecule has 0 saturated carbocycles. The van der Waals surface area contributed by atoms with Crippen molar-refractivity contribution in [3.8, 4) is 5.75 Å². The molecule has 90 valence electrons. The van der Waals surface area contributed by atoms with Crippen LogP contribution >= 0.6 is 33.3 Å². The van der Waals surface area contributed by atoms with Gasteiger partial charge in [0, 0.05) is 10.7 Å². The molecule has 0 heterocycles. The van der Waals surface area contributed by atoms with Gasteiger partial charge in [-0.05, 0) is 40.8 Å². The standard InChI is InChI=1S/C7H3ClF3IO3S/c8-16(13,14)4-1-2-6(5(12)3-4)15-7(9,10)11/h1-3H. The SMILES string of the molecule is O=S(=O)(Cl)c1ccc(OC(F)(F)F)c(I)c1. The van der Waals surface area contributed by atoms with Crippen molar-refractivity contribution in [2.75, 3.05) is 0 Å². The fraction of sp³-hybridized carbons (Fsp3) is 0.143. The summed E-state index contributed by atoms with van der Waals surface area (Å²) in [6, 6.07) is 2.82. The highest BCUT2D eigenvalue weighted by molar-refractivity contribution is 14.1. The highest BCUT2D eigenvalue weighted by Gasteiger charge is 2.32. The van der Waals surface area contributed by atoms with Crippen molar-refractivity contribution in [2.45, 2.75) is 11.3 Å². The van der Waals surface area contributed by atoms with Crippen LogP contribution in [-0.4, -0.2) is 14.8 Å². The molecule has 0 aliphatic heterocycles. The van der Waals surface area contributed by atoms with Crippen molar-refractivity contribution < 1.29 is 26.3 Å². The van der Waals surface area contributed by atoms with Crippen LogP contribution in [0.4, 0.5) is 13.2 Å². The first-order valence-electron chi connectivity index (χ1n) is 3.59. The quantitative estimate of drug-likeness (QED) is 0.579. The van der Waals surface area contributed by atoms with Crippen molar-refractivity contribution in [3.63, 3.8) is 0 Å². The molecule has 0 radical (unpaired) electrons. The van der Waals surface area contributed by atoms with Gasteiger partial charge in [-0.25, -0.2) is 8.42 Å². The van der Waals surface area contributed by atoms with Crippen LogP contribution in [0.5, 0.6) is 5.75 Å². The Morgan fingerprint density at radius 1 is 1.31 bits per heavy atom. The van der Waals surface area contributed by atoms with E-state index in [-0.39, 0.29) is 8.47 Å². The van der Waals surface area contributed by atoms with Gasteiger partial charge in [0.2, 0.25) is 0 Å². The lowest BCUT2D eigenvalue weighted by Crippen LogP contribution is -2.17. The highest BCUT2D eigenvalue weighted by Crippen LogP contribution is 2.30. The molecule has 3 nitrogen and oxygen atoms in total. The molecule has 1 aromatic rings. The lowest BCUT2D eigenvalue weighted by Gasteiger charge is -2.10. The van der Waals surface area contributed by atoms with E-state index in [1.54, 1.807) is 0 Å². The average molecular weight is 387 g/mol. The van der Waals surface area contributed by atoms with Gasteiger partial charge in [-0.2, -0.15) is 0 Å². The number of alkyl halides is 3. The Hall–Kier alpha value is -0.220. The molecule has 16 heavy (non-hydrogen) atoms. The Kier molecular flexibility index (Phi) is 3.95. The number of benzene rings is 1. The first-order chi connectivity index (χ1) is 7.09. The number of hydrogen-bond acceptors (Lipinski definition) is 3. The number of rotatable bonds is 2. The maximum absolute atomic E-state index is 11.9. The summed E-state index contributed by atoms with van der Waals surface area (Å²) < 4.78 is 61.1. The molecule has 0 amide bonds. The van der Waals surface area contributed by atoms with E-state index in [1.165, 1.54) is 22.6 Å². The number of halogens is 5. The molecule has 9 heteroatoms. The lowest BCUT2D eigenvalue weighted by molar-refractivity contribution is -0.275. The number of hydrogen-bond donors (Lipinski definition) is 0. The highest BCUT2D eigenvalue weighted by atomic mass is 127. The summed E-state index contributed by atoms with van der Waals surface area (Å²) in [6.07, 6.45) is -4.82. The van der Waals surface area contributed by atoms with Crippen molar-refractivity contribution in [1.82, 2.24) is 0 Å². The maximum Gasteiger partial charge on any atom is 0.573 e. The molecule has 0 fully saturated rings. The molecule has 0 aliphatic rings. The van der Waals surface area contributed by atoms with E-state index in [2.05, 4.69) is 4.74 Å². The van der Waals surface area contributed by atoms with Crippen molar-refractivity contribution in [2.24, 2.45) is 0 Å². The van der Waals surface area contributed by atoms with Crippen LogP contribution in [-0.2, 0) is 9.05 Å². The van der Waals surface area contributed by atoms with Crippen LogP contribution in [0.3, 0.4) is 0 Å². The summed E-state index contributed by atoms with van der Waals surface area (Å²) >= 11 is 1.52. The van der Waals surface area contributed by atoms with E-state index in [1.807, 2.05) is 0 Å². The van der Waals surface area contributed by atoms with Crippen LogP contribution in [0.2, 0.25) is 0 Å². The Morgan fingerprint density at radius 2 is 1.88 bits per heavy atom. The second-order valence-corrected chi connectivity index (χ2v) is 6.31. The first-order valence-corrected chi connectivity index (χ1v) is 6.98. The molecule has 0 bridgehead atoms. The smallest absolute Gasteiger partial charge is 0.405 e. The zero-order valence-electron chi connectivity index (χ0n) is 7.25. The van der Waals surface area contributed by atoms with Crippen molar-refractivity contribution >= 4 is 42.3 Å². The fourth-order valence-corrected chi connectivity index (χ4v) is 2.45. The largest absolute Gasteiger partial charge is 0.573 e. The van der Waals surface area contributed by atoms with Gasteiger partial charge in [-0.15, -0.1) is 13.2 Å². The summed E-state index contributed by atoms with van der Waals surface area (Å²) in [5.74, 6) is -0.475. The third kappa shape index (κ3) is 3.98. The van der Waals surface area contributed by atoms with Gasteiger partial charge in [0.1, 0.15) is 5.75 Å². The molecule has 0 saturated heterocycles. The third-order valence-corrected chi connectivity index (χ3v) is 3.61. The average Bonchev–Trinajstić information content (AvgIpc) is 2.04. The summed E-state index contributed by atoms with van der Waals surface area (Å²) in [7, 11) is 1.07. The van der Waals surface area contributed by atoms with Crippen LogP contribution in [0, 0.1) is 3.57 Å². The van der Waals surface area contributed by atoms with E-state index in [0.29, 0.717) is 0 Å². The minimum atomic E-state index is -4.82. The normalized spacial score (nSPS) is 12.6. The topological polar surface area (TPSA) is 43.4 Å². The maximum atomic E-state index is 11.9. The van der Waals surface area contributed by atoms with Crippen LogP contribution in [0.1, 0.15) is 0 Å². The van der Waals surface area contributed by atoms with Crippen molar-refractivity contribution in [3.05, 3.63) is 21.8 Å². The molecule has 0 spiro atoms.